The molecule has 1 saturated carbocycles. The van der Waals surface area contributed by atoms with E-state index in [-0.39, 0.29) is 17.5 Å². The molecular weight excluding hydrogens is 200 g/mol. The fourth-order valence-corrected chi connectivity index (χ4v) is 2.75. The summed E-state index contributed by atoms with van der Waals surface area (Å²) >= 11 is 0. The van der Waals surface area contributed by atoms with Crippen molar-refractivity contribution in [3.63, 3.8) is 0 Å². The summed E-state index contributed by atoms with van der Waals surface area (Å²) in [5.74, 6) is 1.05. The molecule has 0 spiro atoms. The van der Waals surface area contributed by atoms with Crippen LogP contribution in [-0.4, -0.2) is 35.5 Å². The molecule has 0 bridgehead atoms. The van der Waals surface area contributed by atoms with Gasteiger partial charge in [-0.3, -0.25) is 4.79 Å². The molecule has 3 heteroatoms. The number of hydrogen-bond donors (Lipinski definition) is 1. The minimum absolute atomic E-state index is 0.0336. The second kappa shape index (κ2) is 4.36. The van der Waals surface area contributed by atoms with Gasteiger partial charge in [0.05, 0.1) is 6.04 Å². The van der Waals surface area contributed by atoms with Gasteiger partial charge in [-0.25, -0.2) is 0 Å². The highest BCUT2D eigenvalue weighted by atomic mass is 16.2. The van der Waals surface area contributed by atoms with Crippen LogP contribution in [0.2, 0.25) is 0 Å². The molecule has 1 aliphatic carbocycles. The predicted octanol–water partition coefficient (Wildman–Crippen LogP) is 1.78. The second-order valence-corrected chi connectivity index (χ2v) is 5.89. The smallest absolute Gasteiger partial charge is 0.239 e. The van der Waals surface area contributed by atoms with Gasteiger partial charge in [0.15, 0.2) is 0 Å². The van der Waals surface area contributed by atoms with Crippen molar-refractivity contribution in [1.82, 2.24) is 10.2 Å². The van der Waals surface area contributed by atoms with Crippen LogP contribution < -0.4 is 5.32 Å². The van der Waals surface area contributed by atoms with Crippen LogP contribution in [0, 0.1) is 5.92 Å². The van der Waals surface area contributed by atoms with Gasteiger partial charge in [-0.2, -0.15) is 0 Å². The molecule has 2 aliphatic rings. The Morgan fingerprint density at radius 1 is 1.31 bits per heavy atom. The van der Waals surface area contributed by atoms with Gasteiger partial charge in [-0.05, 0) is 52.4 Å². The maximum atomic E-state index is 12.1. The summed E-state index contributed by atoms with van der Waals surface area (Å²) in [6.07, 6.45) is 4.96. The zero-order valence-electron chi connectivity index (χ0n) is 10.8. The first-order valence-corrected chi connectivity index (χ1v) is 6.57. The molecule has 1 aliphatic heterocycles. The lowest BCUT2D eigenvalue weighted by atomic mass is 9.97. The molecule has 0 aromatic rings. The summed E-state index contributed by atoms with van der Waals surface area (Å²) in [7, 11) is 0. The van der Waals surface area contributed by atoms with Crippen LogP contribution in [0.3, 0.4) is 0 Å². The van der Waals surface area contributed by atoms with Crippen molar-refractivity contribution in [1.29, 1.82) is 0 Å². The third-order valence-electron chi connectivity index (χ3n) is 3.97. The van der Waals surface area contributed by atoms with Crippen LogP contribution in [0.5, 0.6) is 0 Å². The molecule has 92 valence electrons. The Morgan fingerprint density at radius 3 is 2.38 bits per heavy atom. The van der Waals surface area contributed by atoms with Gasteiger partial charge in [-0.15, -0.1) is 0 Å². The molecule has 2 rings (SSSR count). The van der Waals surface area contributed by atoms with Crippen molar-refractivity contribution in [2.75, 3.05) is 13.1 Å². The zero-order valence-corrected chi connectivity index (χ0v) is 10.8. The number of hydrogen-bond acceptors (Lipinski definition) is 2. The second-order valence-electron chi connectivity index (χ2n) is 5.89. The molecule has 0 aromatic heterocycles. The topological polar surface area (TPSA) is 32.3 Å². The molecule has 1 amide bonds. The van der Waals surface area contributed by atoms with E-state index < -0.39 is 0 Å². The van der Waals surface area contributed by atoms with E-state index in [1.807, 2.05) is 11.8 Å². The normalized spacial score (nSPS) is 23.6. The van der Waals surface area contributed by atoms with Crippen LogP contribution in [0.4, 0.5) is 0 Å². The Balaban J connectivity index is 1.86. The van der Waals surface area contributed by atoms with E-state index in [1.165, 1.54) is 25.7 Å². The highest BCUT2D eigenvalue weighted by molar-refractivity contribution is 5.81. The number of carbonyl (C=O) groups excluding carboxylic acids is 1. The number of rotatable bonds is 4. The first kappa shape index (κ1) is 11.9. The first-order valence-electron chi connectivity index (χ1n) is 6.57. The highest BCUT2D eigenvalue weighted by Crippen LogP contribution is 2.39. The Bertz CT molecular complexity index is 265. The van der Waals surface area contributed by atoms with Gasteiger partial charge in [0.2, 0.25) is 5.91 Å². The van der Waals surface area contributed by atoms with Gasteiger partial charge in [0, 0.05) is 18.6 Å². The lowest BCUT2D eigenvalue weighted by Gasteiger charge is -2.31. The number of nitrogens with zero attached hydrogens (tertiary/aromatic N) is 1. The quantitative estimate of drug-likeness (QED) is 0.789. The first-order chi connectivity index (χ1) is 7.50. The van der Waals surface area contributed by atoms with E-state index >= 15 is 0 Å². The molecule has 1 atom stereocenters. The van der Waals surface area contributed by atoms with Gasteiger partial charge in [0.25, 0.3) is 0 Å². The average molecular weight is 224 g/mol. The fourth-order valence-electron chi connectivity index (χ4n) is 2.75. The molecule has 1 N–H and O–H groups in total. The lowest BCUT2D eigenvalue weighted by Crippen LogP contribution is -2.53. The van der Waals surface area contributed by atoms with E-state index in [0.717, 1.165) is 19.0 Å². The summed E-state index contributed by atoms with van der Waals surface area (Å²) in [4.78, 5) is 14.1. The largest absolute Gasteiger partial charge is 0.341 e. The molecule has 1 saturated heterocycles. The van der Waals surface area contributed by atoms with E-state index in [4.69, 9.17) is 0 Å². The van der Waals surface area contributed by atoms with Crippen molar-refractivity contribution in [2.24, 2.45) is 5.92 Å². The summed E-state index contributed by atoms with van der Waals surface area (Å²) in [5, 5.41) is 3.50. The lowest BCUT2D eigenvalue weighted by molar-refractivity contribution is -0.132. The van der Waals surface area contributed by atoms with Crippen molar-refractivity contribution in [3.05, 3.63) is 0 Å². The van der Waals surface area contributed by atoms with E-state index in [2.05, 4.69) is 19.2 Å². The van der Waals surface area contributed by atoms with Crippen molar-refractivity contribution >= 4 is 5.91 Å². The minimum Gasteiger partial charge on any atom is -0.341 e. The molecule has 0 radical (unpaired) electrons. The Kier molecular flexibility index (Phi) is 3.24. The molecule has 0 aromatic carbocycles. The maximum Gasteiger partial charge on any atom is 0.239 e. The van der Waals surface area contributed by atoms with Gasteiger partial charge in [-0.1, -0.05) is 0 Å². The van der Waals surface area contributed by atoms with Crippen LogP contribution in [0.1, 0.15) is 46.5 Å². The monoisotopic (exact) mass is 224 g/mol. The Labute approximate surface area is 98.6 Å². The SMILES string of the molecule is CC(NC(C)(C)C1CC1)C(=O)N1CCCC1. The minimum atomic E-state index is -0.0336. The number of carbonyl (C=O) groups is 1. The molecule has 1 heterocycles. The third-order valence-corrected chi connectivity index (χ3v) is 3.97. The molecule has 3 nitrogen and oxygen atoms in total. The van der Waals surface area contributed by atoms with Gasteiger partial charge < -0.3 is 10.2 Å². The Morgan fingerprint density at radius 2 is 1.88 bits per heavy atom. The van der Waals surface area contributed by atoms with Crippen LogP contribution >= 0.6 is 0 Å². The number of likely N-dealkylation sites (tertiary alicyclic amines) is 1. The molecular formula is C13H24N2O. The maximum absolute atomic E-state index is 12.1. The summed E-state index contributed by atoms with van der Waals surface area (Å²) < 4.78 is 0. The molecule has 16 heavy (non-hydrogen) atoms. The van der Waals surface area contributed by atoms with Crippen LogP contribution in [0.25, 0.3) is 0 Å². The van der Waals surface area contributed by atoms with Gasteiger partial charge >= 0.3 is 0 Å². The van der Waals surface area contributed by atoms with E-state index in [0.29, 0.717) is 0 Å². The predicted molar refractivity (Wildman–Crippen MR) is 65.2 cm³/mol. The van der Waals surface area contributed by atoms with E-state index in [9.17, 15) is 4.79 Å². The Hall–Kier alpha value is -0.570. The molecule has 1 unspecified atom stereocenters. The van der Waals surface area contributed by atoms with Crippen LogP contribution in [-0.2, 0) is 4.79 Å². The highest BCUT2D eigenvalue weighted by Gasteiger charge is 2.39. The fraction of sp³-hybridized carbons (Fsp3) is 0.923. The standard InChI is InChI=1S/C13H24N2O/c1-10(12(16)15-8-4-5-9-15)14-13(2,3)11-6-7-11/h10-11,14H,4-9H2,1-3H3. The number of nitrogens with one attached hydrogen (secondary N) is 1. The van der Waals surface area contributed by atoms with Crippen molar-refractivity contribution < 1.29 is 4.79 Å². The van der Waals surface area contributed by atoms with Gasteiger partial charge in [0.1, 0.15) is 0 Å². The number of amides is 1. The van der Waals surface area contributed by atoms with Crippen LogP contribution in [0.15, 0.2) is 0 Å². The van der Waals surface area contributed by atoms with E-state index in [1.54, 1.807) is 0 Å². The summed E-state index contributed by atoms with van der Waals surface area (Å²) in [5.41, 5.74) is 0.120. The summed E-state index contributed by atoms with van der Waals surface area (Å²) in [6, 6.07) is -0.0336. The van der Waals surface area contributed by atoms with Crippen molar-refractivity contribution in [3.8, 4) is 0 Å². The third kappa shape index (κ3) is 2.57. The summed E-state index contributed by atoms with van der Waals surface area (Å²) in [6.45, 7) is 8.35. The zero-order chi connectivity index (χ0) is 11.8. The van der Waals surface area contributed by atoms with Crippen molar-refractivity contribution in [2.45, 2.75) is 58.0 Å². The molecule has 2 fully saturated rings. The average Bonchev–Trinajstić information content (AvgIpc) is 2.94.